The highest BCUT2D eigenvalue weighted by Gasteiger charge is 2.17. The minimum absolute atomic E-state index is 0.168. The predicted octanol–water partition coefficient (Wildman–Crippen LogP) is 1.56. The molecule has 2 heterocycles. The van der Waals surface area contributed by atoms with E-state index in [-0.39, 0.29) is 5.82 Å². The molecule has 0 aliphatic heterocycles. The summed E-state index contributed by atoms with van der Waals surface area (Å²) < 4.78 is 6.73. The second kappa shape index (κ2) is 4.08. The molecule has 0 bridgehead atoms. The summed E-state index contributed by atoms with van der Waals surface area (Å²) in [4.78, 5) is 0. The van der Waals surface area contributed by atoms with E-state index in [0.29, 0.717) is 16.3 Å². The summed E-state index contributed by atoms with van der Waals surface area (Å²) in [6.45, 7) is 0. The Balaban J connectivity index is 2.26. The van der Waals surface area contributed by atoms with E-state index in [2.05, 4.69) is 25.1 Å². The fraction of sp³-hybridized carbons (Fsp3) is 0. The molecule has 8 heteroatoms. The van der Waals surface area contributed by atoms with Crippen LogP contribution in [0.1, 0.15) is 0 Å². The summed E-state index contributed by atoms with van der Waals surface area (Å²) in [5.41, 5.74) is 6.87. The Morgan fingerprint density at radius 3 is 2.67 bits per heavy atom. The van der Waals surface area contributed by atoms with Crippen LogP contribution in [0, 0.1) is 4.77 Å². The minimum Gasteiger partial charge on any atom is -0.379 e. The van der Waals surface area contributed by atoms with Gasteiger partial charge in [-0.15, -0.1) is 0 Å². The van der Waals surface area contributed by atoms with Crippen LogP contribution in [0.25, 0.3) is 17.2 Å². The quantitative estimate of drug-likeness (QED) is 0.678. The first-order chi connectivity index (χ1) is 8.77. The summed E-state index contributed by atoms with van der Waals surface area (Å²) in [5, 5.41) is 14.1. The lowest BCUT2D eigenvalue weighted by Gasteiger charge is -2.03. The second-order valence-corrected chi connectivity index (χ2v) is 3.91. The Morgan fingerprint density at radius 1 is 1.22 bits per heavy atom. The van der Waals surface area contributed by atoms with E-state index in [1.54, 1.807) is 4.57 Å². The van der Waals surface area contributed by atoms with Crippen LogP contribution in [-0.4, -0.2) is 25.1 Å². The summed E-state index contributed by atoms with van der Waals surface area (Å²) in [7, 11) is 0. The van der Waals surface area contributed by atoms with Crippen LogP contribution < -0.4 is 5.73 Å². The predicted molar refractivity (Wildman–Crippen MR) is 66.5 cm³/mol. The number of hydrogen-bond donors (Lipinski definition) is 2. The summed E-state index contributed by atoms with van der Waals surface area (Å²) in [6, 6.07) is 9.52. The van der Waals surface area contributed by atoms with Gasteiger partial charge in [0, 0.05) is 0 Å². The van der Waals surface area contributed by atoms with Gasteiger partial charge in [-0.3, -0.25) is 9.67 Å². The Bertz CT molecular complexity index is 728. The van der Waals surface area contributed by atoms with Crippen LogP contribution in [0.5, 0.6) is 0 Å². The molecule has 0 aliphatic carbocycles. The molecule has 0 fully saturated rings. The van der Waals surface area contributed by atoms with Crippen molar-refractivity contribution in [2.24, 2.45) is 0 Å². The highest BCUT2D eigenvalue weighted by Crippen LogP contribution is 2.23. The monoisotopic (exact) mass is 260 g/mol. The van der Waals surface area contributed by atoms with Crippen molar-refractivity contribution in [3.63, 3.8) is 0 Å². The molecular formula is C10H8N6OS. The molecule has 7 nitrogen and oxygen atoms in total. The first-order valence-corrected chi connectivity index (χ1v) is 5.49. The topological polar surface area (TPSA) is 98.6 Å². The summed E-state index contributed by atoms with van der Waals surface area (Å²) in [6.07, 6.45) is 0. The van der Waals surface area contributed by atoms with Crippen LogP contribution >= 0.6 is 12.2 Å². The lowest BCUT2D eigenvalue weighted by molar-refractivity contribution is 0.310. The number of hydrogen-bond acceptors (Lipinski definition) is 6. The summed E-state index contributed by atoms with van der Waals surface area (Å²) in [5.74, 6) is 0.631. The number of nitrogens with two attached hydrogens (primary N) is 1. The molecule has 0 spiro atoms. The number of nitrogen functional groups attached to an aromatic ring is 1. The average Bonchev–Trinajstić information content (AvgIpc) is 2.96. The molecule has 90 valence electrons. The molecule has 0 saturated heterocycles. The number of anilines is 1. The van der Waals surface area contributed by atoms with Gasteiger partial charge in [0.05, 0.1) is 5.69 Å². The van der Waals surface area contributed by atoms with Crippen molar-refractivity contribution in [2.45, 2.75) is 0 Å². The highest BCUT2D eigenvalue weighted by atomic mass is 32.1. The van der Waals surface area contributed by atoms with Crippen molar-refractivity contribution < 1.29 is 4.63 Å². The molecule has 0 unspecified atom stereocenters. The van der Waals surface area contributed by atoms with E-state index in [1.165, 1.54) is 0 Å². The van der Waals surface area contributed by atoms with Gasteiger partial charge >= 0.3 is 0 Å². The van der Waals surface area contributed by atoms with Gasteiger partial charge in [-0.05, 0) is 34.7 Å². The molecule has 0 aliphatic rings. The first-order valence-electron chi connectivity index (χ1n) is 5.08. The second-order valence-electron chi connectivity index (χ2n) is 3.52. The Labute approximate surface area is 106 Å². The van der Waals surface area contributed by atoms with E-state index >= 15 is 0 Å². The van der Waals surface area contributed by atoms with E-state index < -0.39 is 0 Å². The molecule has 2 aromatic heterocycles. The Morgan fingerprint density at radius 2 is 2.00 bits per heavy atom. The van der Waals surface area contributed by atoms with Gasteiger partial charge in [-0.2, -0.15) is 5.10 Å². The molecule has 3 aromatic rings. The summed E-state index contributed by atoms with van der Waals surface area (Å²) >= 11 is 5.20. The third kappa shape index (κ3) is 1.59. The number of para-hydroxylation sites is 1. The molecule has 3 N–H and O–H groups in total. The van der Waals surface area contributed by atoms with Gasteiger partial charge in [0.2, 0.25) is 0 Å². The lowest BCUT2D eigenvalue weighted by Crippen LogP contribution is -1.99. The number of aromatic amines is 1. The number of aromatic nitrogens is 5. The maximum atomic E-state index is 5.66. The zero-order chi connectivity index (χ0) is 12.5. The lowest BCUT2D eigenvalue weighted by atomic mass is 10.3. The number of rotatable bonds is 2. The Kier molecular flexibility index (Phi) is 2.41. The van der Waals surface area contributed by atoms with Gasteiger partial charge in [0.25, 0.3) is 0 Å². The largest absolute Gasteiger partial charge is 0.379 e. The fourth-order valence-corrected chi connectivity index (χ4v) is 1.86. The number of H-pyrrole nitrogens is 1. The van der Waals surface area contributed by atoms with Crippen molar-refractivity contribution in [2.75, 3.05) is 5.73 Å². The molecule has 3 rings (SSSR count). The van der Waals surface area contributed by atoms with Crippen molar-refractivity contribution in [1.82, 2.24) is 25.1 Å². The van der Waals surface area contributed by atoms with E-state index in [4.69, 9.17) is 18.0 Å². The van der Waals surface area contributed by atoms with Gasteiger partial charge < -0.3 is 5.73 Å². The maximum Gasteiger partial charge on any atom is 0.200 e. The van der Waals surface area contributed by atoms with Gasteiger partial charge in [0.15, 0.2) is 22.1 Å². The average molecular weight is 260 g/mol. The smallest absolute Gasteiger partial charge is 0.200 e. The molecule has 18 heavy (non-hydrogen) atoms. The SMILES string of the molecule is Nc1nonc1-c1n[nH]c(=S)n1-c1ccccc1. The molecule has 0 atom stereocenters. The molecule has 0 saturated carbocycles. The van der Waals surface area contributed by atoms with Crippen molar-refractivity contribution >= 4 is 18.0 Å². The van der Waals surface area contributed by atoms with Crippen molar-refractivity contribution in [1.29, 1.82) is 0 Å². The van der Waals surface area contributed by atoms with Crippen LogP contribution in [0.2, 0.25) is 0 Å². The van der Waals surface area contributed by atoms with Crippen LogP contribution in [0.4, 0.5) is 5.82 Å². The Hall–Kier alpha value is -2.48. The van der Waals surface area contributed by atoms with Crippen LogP contribution in [0.3, 0.4) is 0 Å². The van der Waals surface area contributed by atoms with E-state index in [1.807, 2.05) is 30.3 Å². The van der Waals surface area contributed by atoms with Gasteiger partial charge in [0.1, 0.15) is 0 Å². The maximum absolute atomic E-state index is 5.66. The minimum atomic E-state index is 0.168. The van der Waals surface area contributed by atoms with Crippen molar-refractivity contribution in [3.05, 3.63) is 35.1 Å². The fourth-order valence-electron chi connectivity index (χ4n) is 1.62. The standard InChI is InChI=1S/C10H8N6OS/c11-8-7(14-17-15-8)9-12-13-10(18)16(9)6-4-2-1-3-5-6/h1-5H,(H2,11,15)(H,13,18). The third-order valence-electron chi connectivity index (χ3n) is 2.41. The van der Waals surface area contributed by atoms with Gasteiger partial charge in [-0.1, -0.05) is 18.2 Å². The normalized spacial score (nSPS) is 10.7. The van der Waals surface area contributed by atoms with Crippen LogP contribution in [0.15, 0.2) is 35.0 Å². The van der Waals surface area contributed by atoms with E-state index in [0.717, 1.165) is 5.69 Å². The zero-order valence-corrected chi connectivity index (χ0v) is 9.89. The van der Waals surface area contributed by atoms with Gasteiger partial charge in [-0.25, -0.2) is 4.63 Å². The number of nitrogens with zero attached hydrogens (tertiary/aromatic N) is 4. The molecule has 0 radical (unpaired) electrons. The number of nitrogens with one attached hydrogen (secondary N) is 1. The zero-order valence-electron chi connectivity index (χ0n) is 9.07. The van der Waals surface area contributed by atoms with Crippen LogP contribution in [-0.2, 0) is 0 Å². The molecular weight excluding hydrogens is 252 g/mol. The highest BCUT2D eigenvalue weighted by molar-refractivity contribution is 7.71. The molecule has 0 amide bonds. The first kappa shape index (κ1) is 10.7. The third-order valence-corrected chi connectivity index (χ3v) is 2.69. The van der Waals surface area contributed by atoms with Crippen molar-refractivity contribution in [3.8, 4) is 17.2 Å². The number of benzene rings is 1. The van der Waals surface area contributed by atoms with E-state index in [9.17, 15) is 0 Å². The molecule has 1 aromatic carbocycles.